The van der Waals surface area contributed by atoms with Gasteiger partial charge in [-0.2, -0.15) is 0 Å². The Morgan fingerprint density at radius 1 is 1.24 bits per heavy atom. The van der Waals surface area contributed by atoms with E-state index in [0.29, 0.717) is 0 Å². The van der Waals surface area contributed by atoms with Gasteiger partial charge in [0.05, 0.1) is 12.2 Å². The number of H-pyrrole nitrogens is 2. The second kappa shape index (κ2) is 4.41. The van der Waals surface area contributed by atoms with Crippen molar-refractivity contribution >= 4 is 0 Å². The Morgan fingerprint density at radius 2 is 1.94 bits per heavy atom. The Balaban J connectivity index is 2.34. The SMILES string of the molecule is O=c1[nH]cc(C2OC[C@H](O)[C@H](O)[C@@H]2O)c(=O)[nH]1. The van der Waals surface area contributed by atoms with Crippen molar-refractivity contribution in [3.05, 3.63) is 32.6 Å². The number of aliphatic hydroxyl groups excluding tert-OH is 3. The van der Waals surface area contributed by atoms with Crippen LogP contribution < -0.4 is 11.2 Å². The molecule has 8 heteroatoms. The van der Waals surface area contributed by atoms with E-state index in [1.54, 1.807) is 0 Å². The summed E-state index contributed by atoms with van der Waals surface area (Å²) in [6.07, 6.45) is -4.03. The molecule has 0 spiro atoms. The van der Waals surface area contributed by atoms with E-state index in [0.717, 1.165) is 6.20 Å². The van der Waals surface area contributed by atoms with Crippen molar-refractivity contribution in [1.82, 2.24) is 9.97 Å². The van der Waals surface area contributed by atoms with Crippen LogP contribution in [0.1, 0.15) is 11.7 Å². The standard InChI is InChI=1S/C9H12N2O6/c12-4-2-17-7(6(14)5(4)13)3-1-10-9(16)11-8(3)15/h1,4-7,12-14H,2H2,(H2,10,11,15,16)/t4-,5-,6-,7?/m0/s1. The lowest BCUT2D eigenvalue weighted by atomic mass is 9.96. The molecule has 0 bridgehead atoms. The third kappa shape index (κ3) is 2.15. The molecule has 0 saturated carbocycles. The fourth-order valence-electron chi connectivity index (χ4n) is 1.71. The first-order chi connectivity index (χ1) is 8.00. The predicted molar refractivity (Wildman–Crippen MR) is 54.4 cm³/mol. The summed E-state index contributed by atoms with van der Waals surface area (Å²) < 4.78 is 5.08. The van der Waals surface area contributed by atoms with Crippen molar-refractivity contribution in [2.24, 2.45) is 0 Å². The van der Waals surface area contributed by atoms with Crippen LogP contribution >= 0.6 is 0 Å². The molecule has 1 aromatic rings. The van der Waals surface area contributed by atoms with Crippen molar-refractivity contribution in [3.8, 4) is 0 Å². The van der Waals surface area contributed by atoms with Gasteiger partial charge in [-0.05, 0) is 0 Å². The van der Waals surface area contributed by atoms with Gasteiger partial charge in [0, 0.05) is 6.20 Å². The van der Waals surface area contributed by atoms with Gasteiger partial charge < -0.3 is 25.0 Å². The average Bonchev–Trinajstić information content (AvgIpc) is 2.28. The topological polar surface area (TPSA) is 136 Å². The lowest BCUT2D eigenvalue weighted by molar-refractivity contribution is -0.189. The summed E-state index contributed by atoms with van der Waals surface area (Å²) in [7, 11) is 0. The molecule has 1 aliphatic heterocycles. The second-order valence-corrected chi connectivity index (χ2v) is 3.83. The summed E-state index contributed by atoms with van der Waals surface area (Å²) in [6.45, 7) is -0.207. The minimum atomic E-state index is -1.44. The van der Waals surface area contributed by atoms with Crippen LogP contribution in [0.2, 0.25) is 0 Å². The number of ether oxygens (including phenoxy) is 1. The Kier molecular flexibility index (Phi) is 3.11. The fraction of sp³-hybridized carbons (Fsp3) is 0.556. The minimum absolute atomic E-state index is 0.0111. The zero-order valence-corrected chi connectivity index (χ0v) is 8.66. The van der Waals surface area contributed by atoms with Crippen LogP contribution in [0.25, 0.3) is 0 Å². The van der Waals surface area contributed by atoms with Crippen LogP contribution in [0.15, 0.2) is 15.8 Å². The molecular formula is C9H12N2O6. The highest BCUT2D eigenvalue weighted by Gasteiger charge is 2.39. The Hall–Kier alpha value is -1.48. The number of aromatic nitrogens is 2. The maximum atomic E-state index is 11.5. The highest BCUT2D eigenvalue weighted by molar-refractivity contribution is 5.12. The van der Waals surface area contributed by atoms with Crippen LogP contribution in [0, 0.1) is 0 Å². The maximum Gasteiger partial charge on any atom is 0.325 e. The number of nitrogens with one attached hydrogen (secondary N) is 2. The largest absolute Gasteiger partial charge is 0.388 e. The lowest BCUT2D eigenvalue weighted by Crippen LogP contribution is -2.50. The normalized spacial score (nSPS) is 33.6. The molecule has 1 aliphatic rings. The van der Waals surface area contributed by atoms with Crippen LogP contribution in [-0.4, -0.2) is 50.2 Å². The van der Waals surface area contributed by atoms with Gasteiger partial charge in [0.2, 0.25) is 0 Å². The first-order valence-electron chi connectivity index (χ1n) is 4.98. The highest BCUT2D eigenvalue weighted by atomic mass is 16.5. The Morgan fingerprint density at radius 3 is 2.59 bits per heavy atom. The Bertz CT molecular complexity index is 509. The molecule has 0 aliphatic carbocycles. The number of hydrogen-bond acceptors (Lipinski definition) is 6. The maximum absolute atomic E-state index is 11.5. The summed E-state index contributed by atoms with van der Waals surface area (Å²) in [5.41, 5.74) is -1.39. The van der Waals surface area contributed by atoms with E-state index < -0.39 is 35.7 Å². The number of aromatic amines is 2. The van der Waals surface area contributed by atoms with E-state index in [9.17, 15) is 24.9 Å². The van der Waals surface area contributed by atoms with Gasteiger partial charge in [-0.1, -0.05) is 0 Å². The summed E-state index contributed by atoms with van der Waals surface area (Å²) >= 11 is 0. The first-order valence-corrected chi connectivity index (χ1v) is 4.98. The van der Waals surface area contributed by atoms with Gasteiger partial charge in [-0.25, -0.2) is 4.79 Å². The molecule has 94 valence electrons. The van der Waals surface area contributed by atoms with E-state index in [1.165, 1.54) is 0 Å². The molecule has 8 nitrogen and oxygen atoms in total. The van der Waals surface area contributed by atoms with Crippen molar-refractivity contribution in [2.45, 2.75) is 24.4 Å². The third-order valence-corrected chi connectivity index (χ3v) is 2.66. The molecule has 17 heavy (non-hydrogen) atoms. The monoisotopic (exact) mass is 244 g/mol. The molecule has 0 aromatic carbocycles. The van der Waals surface area contributed by atoms with Gasteiger partial charge in [0.1, 0.15) is 24.4 Å². The van der Waals surface area contributed by atoms with Crippen molar-refractivity contribution in [2.75, 3.05) is 6.61 Å². The van der Waals surface area contributed by atoms with E-state index in [2.05, 4.69) is 4.98 Å². The number of rotatable bonds is 1. The van der Waals surface area contributed by atoms with Crippen LogP contribution in [0.4, 0.5) is 0 Å². The van der Waals surface area contributed by atoms with Crippen molar-refractivity contribution in [1.29, 1.82) is 0 Å². The molecule has 1 saturated heterocycles. The van der Waals surface area contributed by atoms with Crippen LogP contribution in [0.5, 0.6) is 0 Å². The molecule has 4 atom stereocenters. The molecule has 1 aromatic heterocycles. The van der Waals surface area contributed by atoms with E-state index >= 15 is 0 Å². The molecule has 0 amide bonds. The average molecular weight is 244 g/mol. The van der Waals surface area contributed by atoms with Crippen LogP contribution in [0.3, 0.4) is 0 Å². The zero-order valence-electron chi connectivity index (χ0n) is 8.66. The molecule has 5 N–H and O–H groups in total. The summed E-state index contributed by atoms with van der Waals surface area (Å²) in [5, 5.41) is 28.4. The minimum Gasteiger partial charge on any atom is -0.388 e. The van der Waals surface area contributed by atoms with Gasteiger partial charge in [0.15, 0.2) is 0 Å². The highest BCUT2D eigenvalue weighted by Crippen LogP contribution is 2.26. The molecular weight excluding hydrogens is 232 g/mol. The van der Waals surface area contributed by atoms with Gasteiger partial charge in [0.25, 0.3) is 5.56 Å². The Labute approximate surface area is 94.5 Å². The van der Waals surface area contributed by atoms with Crippen molar-refractivity contribution in [3.63, 3.8) is 0 Å². The summed E-state index contributed by atoms with van der Waals surface area (Å²) in [6, 6.07) is 0. The molecule has 1 fully saturated rings. The van der Waals surface area contributed by atoms with E-state index in [4.69, 9.17) is 4.74 Å². The molecule has 2 rings (SSSR count). The second-order valence-electron chi connectivity index (χ2n) is 3.83. The smallest absolute Gasteiger partial charge is 0.325 e. The quantitative estimate of drug-likeness (QED) is 0.362. The van der Waals surface area contributed by atoms with Gasteiger partial charge >= 0.3 is 5.69 Å². The molecule has 0 radical (unpaired) electrons. The summed E-state index contributed by atoms with van der Waals surface area (Å²) in [4.78, 5) is 26.5. The van der Waals surface area contributed by atoms with Crippen molar-refractivity contribution < 1.29 is 20.1 Å². The first kappa shape index (κ1) is 12.0. The third-order valence-electron chi connectivity index (χ3n) is 2.66. The molecule has 1 unspecified atom stereocenters. The predicted octanol–water partition coefficient (Wildman–Crippen LogP) is -2.78. The number of aliphatic hydroxyl groups is 3. The van der Waals surface area contributed by atoms with Gasteiger partial charge in [-0.3, -0.25) is 9.78 Å². The fourth-order valence-corrected chi connectivity index (χ4v) is 1.71. The summed E-state index contributed by atoms with van der Waals surface area (Å²) in [5.74, 6) is 0. The number of hydrogen-bond donors (Lipinski definition) is 5. The lowest BCUT2D eigenvalue weighted by Gasteiger charge is -2.34. The van der Waals surface area contributed by atoms with Gasteiger partial charge in [-0.15, -0.1) is 0 Å². The van der Waals surface area contributed by atoms with E-state index in [-0.39, 0.29) is 12.2 Å². The van der Waals surface area contributed by atoms with E-state index in [1.807, 2.05) is 4.98 Å². The molecule has 2 heterocycles. The zero-order chi connectivity index (χ0) is 12.6. The van der Waals surface area contributed by atoms with Crippen LogP contribution in [-0.2, 0) is 4.74 Å².